The third-order valence-electron chi connectivity index (χ3n) is 6.71. The van der Waals surface area contributed by atoms with Crippen molar-refractivity contribution in [2.45, 2.75) is 50.8 Å². The number of halogens is 2. The highest BCUT2D eigenvalue weighted by Gasteiger charge is 2.23. The molecule has 10 heteroatoms. The summed E-state index contributed by atoms with van der Waals surface area (Å²) in [4.78, 5) is 5.54. The van der Waals surface area contributed by atoms with Crippen LogP contribution in [0.15, 0.2) is 41.3 Å². The summed E-state index contributed by atoms with van der Waals surface area (Å²) in [6.07, 6.45) is 6.58. The Hall–Kier alpha value is -2.36. The smallest absolute Gasteiger partial charge is 0.265 e. The lowest BCUT2D eigenvalue weighted by molar-refractivity contribution is 0.273. The van der Waals surface area contributed by atoms with Crippen molar-refractivity contribution in [1.82, 2.24) is 4.98 Å². The molecule has 6 nitrogen and oxygen atoms in total. The number of rotatable bonds is 9. The maximum absolute atomic E-state index is 13.5. The number of anilines is 2. The quantitative estimate of drug-likeness (QED) is 0.290. The number of thiazole rings is 1. The number of benzene rings is 2. The number of aryl methyl sites for hydroxylation is 1. The fourth-order valence-electron chi connectivity index (χ4n) is 4.66. The van der Waals surface area contributed by atoms with E-state index in [9.17, 15) is 12.8 Å². The van der Waals surface area contributed by atoms with Crippen molar-refractivity contribution in [3.8, 4) is 16.2 Å². The average Bonchev–Trinajstić information content (AvgIpc) is 3.25. The van der Waals surface area contributed by atoms with E-state index in [1.807, 2.05) is 13.0 Å². The van der Waals surface area contributed by atoms with Gasteiger partial charge < -0.3 is 10.1 Å². The van der Waals surface area contributed by atoms with Crippen molar-refractivity contribution >= 4 is 43.8 Å². The van der Waals surface area contributed by atoms with Gasteiger partial charge in [-0.25, -0.2) is 17.8 Å². The number of ether oxygens (including phenoxy) is 1. The van der Waals surface area contributed by atoms with E-state index in [4.69, 9.17) is 16.3 Å². The van der Waals surface area contributed by atoms with E-state index in [1.165, 1.54) is 62.7 Å². The highest BCUT2D eigenvalue weighted by molar-refractivity contribution is 7.92. The van der Waals surface area contributed by atoms with E-state index < -0.39 is 15.8 Å². The second kappa shape index (κ2) is 11.4. The van der Waals surface area contributed by atoms with Gasteiger partial charge in [0, 0.05) is 6.54 Å². The molecule has 1 aliphatic rings. The average molecular weight is 552 g/mol. The Balaban J connectivity index is 1.55. The fourth-order valence-corrected chi connectivity index (χ4v) is 7.05. The molecule has 4 rings (SSSR count). The number of hydrogen-bond acceptors (Lipinski definition) is 6. The van der Waals surface area contributed by atoms with Crippen molar-refractivity contribution in [2.24, 2.45) is 11.8 Å². The van der Waals surface area contributed by atoms with Gasteiger partial charge in [0.2, 0.25) is 0 Å². The van der Waals surface area contributed by atoms with Gasteiger partial charge in [-0.05, 0) is 60.7 Å². The third-order valence-corrected chi connectivity index (χ3v) is 9.57. The summed E-state index contributed by atoms with van der Waals surface area (Å²) in [7, 11) is -2.63. The normalized spacial score (nSPS) is 15.5. The van der Waals surface area contributed by atoms with Gasteiger partial charge in [-0.15, -0.1) is 0 Å². The van der Waals surface area contributed by atoms with Crippen LogP contribution in [0.5, 0.6) is 5.75 Å². The minimum absolute atomic E-state index is 0.0313. The summed E-state index contributed by atoms with van der Waals surface area (Å²) in [5.41, 5.74) is 1.69. The second-order valence-corrected chi connectivity index (χ2v) is 12.3. The molecule has 0 unspecified atom stereocenters. The SMILES string of the molecule is COc1ccc(-c2sc(NC[C@H](C)C3CCCCC3)nc2C)cc1S(=O)(=O)Nc1ccc(F)c(Cl)c1. The fraction of sp³-hybridized carbons (Fsp3) is 0.423. The zero-order chi connectivity index (χ0) is 25.9. The van der Waals surface area contributed by atoms with Crippen LogP contribution < -0.4 is 14.8 Å². The molecule has 2 aromatic carbocycles. The Bertz CT molecular complexity index is 1320. The molecule has 0 amide bonds. The van der Waals surface area contributed by atoms with Gasteiger partial charge in [0.1, 0.15) is 16.5 Å². The summed E-state index contributed by atoms with van der Waals surface area (Å²) >= 11 is 7.32. The van der Waals surface area contributed by atoms with E-state index >= 15 is 0 Å². The minimum atomic E-state index is -4.04. The van der Waals surface area contributed by atoms with Crippen molar-refractivity contribution in [3.05, 3.63) is 52.9 Å². The zero-order valence-corrected chi connectivity index (χ0v) is 23.0. The zero-order valence-electron chi connectivity index (χ0n) is 20.6. The van der Waals surface area contributed by atoms with Crippen LogP contribution in [0.25, 0.3) is 10.4 Å². The Morgan fingerprint density at radius 1 is 1.19 bits per heavy atom. The standard InChI is InChI=1S/C26H31ClFN3O3S2/c1-16(18-7-5-4-6-8-18)15-29-26-30-17(2)25(35-26)19-9-12-23(34-3)24(13-19)36(32,33)31-20-10-11-22(28)21(27)14-20/h9-14,16,18,31H,4-8,15H2,1-3H3,(H,29,30)/t16-/m0/s1. The van der Waals surface area contributed by atoms with Crippen LogP contribution in [0, 0.1) is 24.6 Å². The first-order valence-corrected chi connectivity index (χ1v) is 14.7. The number of sulfonamides is 1. The number of methoxy groups -OCH3 is 1. The Labute approximate surface area is 221 Å². The van der Waals surface area contributed by atoms with E-state index in [0.717, 1.165) is 39.8 Å². The van der Waals surface area contributed by atoms with Crippen LogP contribution >= 0.6 is 22.9 Å². The monoisotopic (exact) mass is 551 g/mol. The van der Waals surface area contributed by atoms with Crippen LogP contribution in [0.4, 0.5) is 15.2 Å². The molecule has 0 radical (unpaired) electrons. The number of nitrogens with zero attached hydrogens (tertiary/aromatic N) is 1. The van der Waals surface area contributed by atoms with Gasteiger partial charge in [-0.2, -0.15) is 0 Å². The summed E-state index contributed by atoms with van der Waals surface area (Å²) in [5.74, 6) is 0.894. The van der Waals surface area contributed by atoms with Crippen LogP contribution in [0.2, 0.25) is 5.02 Å². The largest absolute Gasteiger partial charge is 0.495 e. The summed E-state index contributed by atoms with van der Waals surface area (Å²) in [6, 6.07) is 8.67. The molecule has 1 saturated carbocycles. The maximum Gasteiger partial charge on any atom is 0.265 e. The van der Waals surface area contributed by atoms with Crippen molar-refractivity contribution in [3.63, 3.8) is 0 Å². The molecule has 1 aliphatic carbocycles. The predicted octanol–water partition coefficient (Wildman–Crippen LogP) is 7.35. The highest BCUT2D eigenvalue weighted by atomic mass is 35.5. The molecule has 1 fully saturated rings. The van der Waals surface area contributed by atoms with Crippen molar-refractivity contribution in [1.29, 1.82) is 0 Å². The van der Waals surface area contributed by atoms with Gasteiger partial charge in [0.15, 0.2) is 5.13 Å². The Morgan fingerprint density at radius 2 is 1.94 bits per heavy atom. The van der Waals surface area contributed by atoms with Gasteiger partial charge in [-0.3, -0.25) is 4.72 Å². The molecule has 0 saturated heterocycles. The molecule has 2 N–H and O–H groups in total. The lowest BCUT2D eigenvalue weighted by atomic mass is 9.81. The molecule has 194 valence electrons. The van der Waals surface area contributed by atoms with Gasteiger partial charge >= 0.3 is 0 Å². The summed E-state index contributed by atoms with van der Waals surface area (Å²) in [6.45, 7) is 5.08. The van der Waals surface area contributed by atoms with E-state index in [2.05, 4.69) is 21.9 Å². The second-order valence-electron chi connectivity index (χ2n) is 9.29. The Kier molecular flexibility index (Phi) is 8.42. The van der Waals surface area contributed by atoms with Crippen LogP contribution in [-0.2, 0) is 10.0 Å². The lowest BCUT2D eigenvalue weighted by Gasteiger charge is -2.27. The van der Waals surface area contributed by atoms with Gasteiger partial charge in [0.25, 0.3) is 10.0 Å². The number of nitrogens with one attached hydrogen (secondary N) is 2. The maximum atomic E-state index is 13.5. The highest BCUT2D eigenvalue weighted by Crippen LogP contribution is 2.37. The first kappa shape index (κ1) is 26.7. The van der Waals surface area contributed by atoms with Gasteiger partial charge in [-0.1, -0.05) is 62.0 Å². The molecule has 0 spiro atoms. The molecule has 1 aromatic heterocycles. The van der Waals surface area contributed by atoms with Crippen LogP contribution in [0.3, 0.4) is 0 Å². The van der Waals surface area contributed by atoms with Gasteiger partial charge in [0.05, 0.1) is 28.4 Å². The minimum Gasteiger partial charge on any atom is -0.495 e. The summed E-state index contributed by atoms with van der Waals surface area (Å²) in [5, 5.41) is 4.14. The molecular weight excluding hydrogens is 521 g/mol. The molecule has 36 heavy (non-hydrogen) atoms. The van der Waals surface area contributed by atoms with Crippen molar-refractivity contribution < 1.29 is 17.5 Å². The number of aromatic nitrogens is 1. The number of hydrogen-bond donors (Lipinski definition) is 2. The van der Waals surface area contributed by atoms with E-state index in [-0.39, 0.29) is 21.4 Å². The Morgan fingerprint density at radius 3 is 2.64 bits per heavy atom. The molecular formula is C26H31ClFN3O3S2. The summed E-state index contributed by atoms with van der Waals surface area (Å²) < 4.78 is 47.7. The molecule has 0 bridgehead atoms. The first-order chi connectivity index (χ1) is 17.2. The molecule has 1 atom stereocenters. The topological polar surface area (TPSA) is 80.3 Å². The van der Waals surface area contributed by atoms with Crippen molar-refractivity contribution in [2.75, 3.05) is 23.7 Å². The first-order valence-electron chi connectivity index (χ1n) is 12.1. The molecule has 1 heterocycles. The van der Waals surface area contributed by atoms with E-state index in [1.54, 1.807) is 12.1 Å². The lowest BCUT2D eigenvalue weighted by Crippen LogP contribution is -2.22. The third kappa shape index (κ3) is 6.12. The van der Waals surface area contributed by atoms with Crippen LogP contribution in [-0.4, -0.2) is 27.1 Å². The molecule has 0 aliphatic heterocycles. The molecule has 3 aromatic rings. The van der Waals surface area contributed by atoms with Crippen LogP contribution in [0.1, 0.15) is 44.7 Å². The van der Waals surface area contributed by atoms with E-state index in [0.29, 0.717) is 5.92 Å². The predicted molar refractivity (Wildman–Crippen MR) is 145 cm³/mol.